The lowest BCUT2D eigenvalue weighted by Crippen LogP contribution is -2.24. The van der Waals surface area contributed by atoms with Crippen LogP contribution in [0.25, 0.3) is 11.5 Å². The molecule has 5 heteroatoms. The molecule has 0 bridgehead atoms. The maximum Gasteiger partial charge on any atom is 0.226 e. The second-order valence-electron chi connectivity index (χ2n) is 4.60. The summed E-state index contributed by atoms with van der Waals surface area (Å²) in [5.74, 6) is 0.123. The summed E-state index contributed by atoms with van der Waals surface area (Å²) in [6.45, 7) is 4.60. The number of aliphatic hydroxyl groups excluding tert-OH is 1. The lowest BCUT2D eigenvalue weighted by molar-refractivity contribution is 0.224. The van der Waals surface area contributed by atoms with Crippen LogP contribution in [-0.2, 0) is 6.54 Å². The van der Waals surface area contributed by atoms with Gasteiger partial charge in [-0.3, -0.25) is 4.90 Å². The Bertz CT molecular complexity index is 542. The molecule has 1 N–H and O–H groups in total. The van der Waals surface area contributed by atoms with Crippen LogP contribution in [0.2, 0.25) is 0 Å². The molecule has 20 heavy (non-hydrogen) atoms. The van der Waals surface area contributed by atoms with Gasteiger partial charge in [0.1, 0.15) is 12.1 Å². The zero-order valence-corrected chi connectivity index (χ0v) is 11.6. The molecule has 2 rings (SSSR count). The van der Waals surface area contributed by atoms with Gasteiger partial charge in [0.2, 0.25) is 5.89 Å². The molecule has 0 fully saturated rings. The summed E-state index contributed by atoms with van der Waals surface area (Å²) in [7, 11) is 0. The molecule has 0 aliphatic heterocycles. The number of rotatable bonds is 7. The van der Waals surface area contributed by atoms with Gasteiger partial charge >= 0.3 is 0 Å². The molecule has 0 saturated carbocycles. The van der Waals surface area contributed by atoms with E-state index in [4.69, 9.17) is 9.52 Å². The summed E-state index contributed by atoms with van der Waals surface area (Å²) in [5.41, 5.74) is 1.44. The lowest BCUT2D eigenvalue weighted by Gasteiger charge is -2.17. The van der Waals surface area contributed by atoms with Crippen LogP contribution in [0.1, 0.15) is 19.0 Å². The number of aromatic nitrogens is 1. The number of oxazole rings is 1. The molecule has 0 aliphatic carbocycles. The van der Waals surface area contributed by atoms with E-state index >= 15 is 0 Å². The van der Waals surface area contributed by atoms with Crippen molar-refractivity contribution in [2.24, 2.45) is 0 Å². The SMILES string of the molecule is CCN(CCCO)Cc1coc(-c2cccc(F)c2)n1. The standard InChI is InChI=1S/C15H19FN2O2/c1-2-18(7-4-8-19)10-14-11-20-15(17-14)12-5-3-6-13(16)9-12/h3,5-6,9,11,19H,2,4,7-8,10H2,1H3. The van der Waals surface area contributed by atoms with E-state index in [1.54, 1.807) is 18.4 Å². The molecule has 108 valence electrons. The molecule has 0 saturated heterocycles. The fraction of sp³-hybridized carbons (Fsp3) is 0.400. The predicted octanol–water partition coefficient (Wildman–Crippen LogP) is 2.69. The highest BCUT2D eigenvalue weighted by Crippen LogP contribution is 2.20. The third-order valence-electron chi connectivity index (χ3n) is 3.09. The Morgan fingerprint density at radius 3 is 2.95 bits per heavy atom. The smallest absolute Gasteiger partial charge is 0.226 e. The topological polar surface area (TPSA) is 49.5 Å². The zero-order valence-electron chi connectivity index (χ0n) is 11.6. The second kappa shape index (κ2) is 7.17. The average molecular weight is 278 g/mol. The minimum absolute atomic E-state index is 0.184. The van der Waals surface area contributed by atoms with Crippen LogP contribution in [-0.4, -0.2) is 34.7 Å². The van der Waals surface area contributed by atoms with Gasteiger partial charge in [0.15, 0.2) is 0 Å². The van der Waals surface area contributed by atoms with Gasteiger partial charge in [0.25, 0.3) is 0 Å². The van der Waals surface area contributed by atoms with Gasteiger partial charge in [-0.1, -0.05) is 13.0 Å². The van der Waals surface area contributed by atoms with Crippen LogP contribution < -0.4 is 0 Å². The van der Waals surface area contributed by atoms with Crippen LogP contribution in [0, 0.1) is 5.82 Å². The van der Waals surface area contributed by atoms with Gasteiger partial charge in [-0.05, 0) is 31.2 Å². The predicted molar refractivity (Wildman–Crippen MR) is 74.6 cm³/mol. The van der Waals surface area contributed by atoms with Gasteiger partial charge in [0.05, 0.1) is 5.69 Å². The molecule has 4 nitrogen and oxygen atoms in total. The molecule has 1 heterocycles. The molecule has 0 amide bonds. The van der Waals surface area contributed by atoms with Gasteiger partial charge < -0.3 is 9.52 Å². The van der Waals surface area contributed by atoms with Crippen molar-refractivity contribution >= 4 is 0 Å². The molecule has 1 aromatic carbocycles. The molecule has 2 aromatic rings. The van der Waals surface area contributed by atoms with Crippen LogP contribution in [0.15, 0.2) is 34.9 Å². The number of aliphatic hydroxyl groups is 1. The number of nitrogens with zero attached hydrogens (tertiary/aromatic N) is 2. The first-order valence-electron chi connectivity index (χ1n) is 6.76. The quantitative estimate of drug-likeness (QED) is 0.846. The Hall–Kier alpha value is -1.72. The fourth-order valence-electron chi connectivity index (χ4n) is 2.01. The fourth-order valence-corrected chi connectivity index (χ4v) is 2.01. The Labute approximate surface area is 117 Å². The van der Waals surface area contributed by atoms with Crippen molar-refractivity contribution in [3.63, 3.8) is 0 Å². The number of halogens is 1. The summed E-state index contributed by atoms with van der Waals surface area (Å²) >= 11 is 0. The number of benzene rings is 1. The van der Waals surface area contributed by atoms with Crippen molar-refractivity contribution in [3.8, 4) is 11.5 Å². The van der Waals surface area contributed by atoms with Gasteiger partial charge in [-0.2, -0.15) is 0 Å². The van der Waals surface area contributed by atoms with Crippen LogP contribution in [0.5, 0.6) is 0 Å². The Morgan fingerprint density at radius 1 is 1.40 bits per heavy atom. The zero-order chi connectivity index (χ0) is 14.4. The van der Waals surface area contributed by atoms with E-state index in [-0.39, 0.29) is 12.4 Å². The molecule has 0 unspecified atom stereocenters. The normalized spacial score (nSPS) is 11.2. The van der Waals surface area contributed by atoms with Crippen LogP contribution >= 0.6 is 0 Å². The van der Waals surface area contributed by atoms with E-state index in [1.807, 2.05) is 0 Å². The summed E-state index contributed by atoms with van der Waals surface area (Å²) in [6.07, 6.45) is 2.34. The highest BCUT2D eigenvalue weighted by atomic mass is 19.1. The molecular weight excluding hydrogens is 259 g/mol. The maximum absolute atomic E-state index is 13.2. The van der Waals surface area contributed by atoms with E-state index < -0.39 is 0 Å². The van der Waals surface area contributed by atoms with E-state index in [1.165, 1.54) is 12.1 Å². The van der Waals surface area contributed by atoms with E-state index in [2.05, 4.69) is 16.8 Å². The van der Waals surface area contributed by atoms with Crippen LogP contribution in [0.3, 0.4) is 0 Å². The first-order valence-corrected chi connectivity index (χ1v) is 6.76. The van der Waals surface area contributed by atoms with Gasteiger partial charge in [-0.15, -0.1) is 0 Å². The Balaban J connectivity index is 2.05. The summed E-state index contributed by atoms with van der Waals surface area (Å²) in [6, 6.07) is 6.19. The molecule has 1 aromatic heterocycles. The molecule has 0 spiro atoms. The van der Waals surface area contributed by atoms with Gasteiger partial charge in [-0.25, -0.2) is 9.37 Å². The lowest BCUT2D eigenvalue weighted by atomic mass is 10.2. The monoisotopic (exact) mass is 278 g/mol. The highest BCUT2D eigenvalue weighted by Gasteiger charge is 2.10. The number of hydrogen-bond acceptors (Lipinski definition) is 4. The van der Waals surface area contributed by atoms with Crippen molar-refractivity contribution in [2.75, 3.05) is 19.7 Å². The Kier molecular flexibility index (Phi) is 5.26. The van der Waals surface area contributed by atoms with E-state index in [9.17, 15) is 4.39 Å². The third-order valence-corrected chi connectivity index (χ3v) is 3.09. The van der Waals surface area contributed by atoms with Crippen molar-refractivity contribution in [2.45, 2.75) is 19.9 Å². The Morgan fingerprint density at radius 2 is 2.25 bits per heavy atom. The minimum Gasteiger partial charge on any atom is -0.444 e. The van der Waals surface area contributed by atoms with E-state index in [0.29, 0.717) is 18.0 Å². The van der Waals surface area contributed by atoms with Crippen molar-refractivity contribution in [3.05, 3.63) is 42.0 Å². The maximum atomic E-state index is 13.2. The van der Waals surface area contributed by atoms with Crippen LogP contribution in [0.4, 0.5) is 4.39 Å². The summed E-state index contributed by atoms with van der Waals surface area (Å²) in [4.78, 5) is 6.55. The van der Waals surface area contributed by atoms with Crippen molar-refractivity contribution in [1.29, 1.82) is 0 Å². The van der Waals surface area contributed by atoms with Gasteiger partial charge in [0, 0.05) is 25.3 Å². The minimum atomic E-state index is -0.305. The molecule has 0 aliphatic rings. The van der Waals surface area contributed by atoms with E-state index in [0.717, 1.165) is 25.2 Å². The molecule has 0 radical (unpaired) electrons. The third kappa shape index (κ3) is 3.88. The number of hydrogen-bond donors (Lipinski definition) is 1. The second-order valence-corrected chi connectivity index (χ2v) is 4.60. The largest absolute Gasteiger partial charge is 0.444 e. The summed E-state index contributed by atoms with van der Waals surface area (Å²) in [5, 5.41) is 8.86. The van der Waals surface area contributed by atoms with Crippen molar-refractivity contribution in [1.82, 2.24) is 9.88 Å². The first kappa shape index (κ1) is 14.7. The molecular formula is C15H19FN2O2. The highest BCUT2D eigenvalue weighted by molar-refractivity contribution is 5.52. The average Bonchev–Trinajstić information content (AvgIpc) is 2.92. The summed E-state index contributed by atoms with van der Waals surface area (Å²) < 4.78 is 18.6. The molecule has 0 atom stereocenters. The first-order chi connectivity index (χ1) is 9.72. The van der Waals surface area contributed by atoms with Crippen molar-refractivity contribution < 1.29 is 13.9 Å².